The lowest BCUT2D eigenvalue weighted by molar-refractivity contribution is 0.265. The van der Waals surface area contributed by atoms with E-state index in [1.54, 1.807) is 0 Å². The average molecular weight is 369 g/mol. The highest BCUT2D eigenvalue weighted by Gasteiger charge is 2.19. The van der Waals surface area contributed by atoms with Crippen LogP contribution < -0.4 is 5.32 Å². The van der Waals surface area contributed by atoms with E-state index in [-0.39, 0.29) is 0 Å². The van der Waals surface area contributed by atoms with Gasteiger partial charge in [0, 0.05) is 39.1 Å². The van der Waals surface area contributed by atoms with Gasteiger partial charge in [-0.2, -0.15) is 0 Å². The molecule has 3 rings (SSSR count). The SMILES string of the molecule is CCc1nncn1CCNC(=NCCc1ccccc1)N1CCCC(C)C1. The van der Waals surface area contributed by atoms with Crippen LogP contribution in [-0.4, -0.2) is 51.8 Å². The molecule has 1 aliphatic heterocycles. The van der Waals surface area contributed by atoms with Crippen LogP contribution in [0.5, 0.6) is 0 Å². The average Bonchev–Trinajstić information content (AvgIpc) is 3.15. The van der Waals surface area contributed by atoms with E-state index < -0.39 is 0 Å². The van der Waals surface area contributed by atoms with Gasteiger partial charge in [-0.25, -0.2) is 0 Å². The number of piperidine rings is 1. The first-order valence-corrected chi connectivity index (χ1v) is 10.2. The maximum atomic E-state index is 4.93. The zero-order valence-electron chi connectivity index (χ0n) is 16.6. The second-order valence-corrected chi connectivity index (χ2v) is 7.36. The van der Waals surface area contributed by atoms with Crippen LogP contribution in [0, 0.1) is 5.92 Å². The summed E-state index contributed by atoms with van der Waals surface area (Å²) in [6.07, 6.45) is 6.25. The molecule has 1 aliphatic rings. The molecule has 1 aromatic heterocycles. The Kier molecular flexibility index (Phi) is 7.25. The van der Waals surface area contributed by atoms with Crippen LogP contribution in [0.25, 0.3) is 0 Å². The molecule has 1 atom stereocenters. The molecule has 0 bridgehead atoms. The zero-order valence-corrected chi connectivity index (χ0v) is 16.6. The van der Waals surface area contributed by atoms with E-state index in [0.717, 1.165) is 63.3 Å². The normalized spacial score (nSPS) is 17.9. The number of likely N-dealkylation sites (tertiary alicyclic amines) is 1. The minimum Gasteiger partial charge on any atom is -0.354 e. The van der Waals surface area contributed by atoms with Crippen molar-refractivity contribution in [1.29, 1.82) is 0 Å². The smallest absolute Gasteiger partial charge is 0.194 e. The largest absolute Gasteiger partial charge is 0.354 e. The Hall–Kier alpha value is -2.37. The summed E-state index contributed by atoms with van der Waals surface area (Å²) >= 11 is 0. The van der Waals surface area contributed by atoms with Crippen LogP contribution in [0.4, 0.5) is 0 Å². The number of guanidine groups is 1. The van der Waals surface area contributed by atoms with Crippen LogP contribution in [0.3, 0.4) is 0 Å². The van der Waals surface area contributed by atoms with Gasteiger partial charge in [0.05, 0.1) is 0 Å². The molecule has 27 heavy (non-hydrogen) atoms. The molecule has 146 valence electrons. The van der Waals surface area contributed by atoms with E-state index >= 15 is 0 Å². The number of nitrogens with one attached hydrogen (secondary N) is 1. The molecule has 1 fully saturated rings. The number of benzene rings is 1. The number of aromatic nitrogens is 3. The predicted molar refractivity (Wildman–Crippen MR) is 110 cm³/mol. The van der Waals surface area contributed by atoms with E-state index in [0.29, 0.717) is 0 Å². The minimum atomic E-state index is 0.726. The lowest BCUT2D eigenvalue weighted by Gasteiger charge is -2.33. The van der Waals surface area contributed by atoms with E-state index in [4.69, 9.17) is 4.99 Å². The van der Waals surface area contributed by atoms with Crippen molar-refractivity contribution in [3.63, 3.8) is 0 Å². The Morgan fingerprint density at radius 3 is 2.93 bits per heavy atom. The molecule has 1 unspecified atom stereocenters. The molecule has 1 N–H and O–H groups in total. The molecule has 0 saturated carbocycles. The summed E-state index contributed by atoms with van der Waals surface area (Å²) in [6.45, 7) is 9.12. The van der Waals surface area contributed by atoms with Crippen LogP contribution in [-0.2, 0) is 19.4 Å². The van der Waals surface area contributed by atoms with Crippen LogP contribution in [0.15, 0.2) is 41.7 Å². The molecule has 1 aromatic carbocycles. The van der Waals surface area contributed by atoms with Gasteiger partial charge < -0.3 is 14.8 Å². The fraction of sp³-hybridized carbons (Fsp3) is 0.571. The minimum absolute atomic E-state index is 0.726. The fourth-order valence-corrected chi connectivity index (χ4v) is 3.61. The zero-order chi connectivity index (χ0) is 18.9. The van der Waals surface area contributed by atoms with E-state index in [1.165, 1.54) is 18.4 Å². The summed E-state index contributed by atoms with van der Waals surface area (Å²) in [6, 6.07) is 10.6. The van der Waals surface area contributed by atoms with Gasteiger partial charge in [-0.3, -0.25) is 4.99 Å². The third-order valence-electron chi connectivity index (χ3n) is 5.11. The third kappa shape index (κ3) is 5.81. The number of rotatable bonds is 7. The molecule has 0 aliphatic carbocycles. The second kappa shape index (κ2) is 10.1. The second-order valence-electron chi connectivity index (χ2n) is 7.36. The Labute approximate surface area is 162 Å². The first kappa shape index (κ1) is 19.4. The van der Waals surface area contributed by atoms with Crippen molar-refractivity contribution < 1.29 is 0 Å². The number of hydrogen-bond acceptors (Lipinski definition) is 3. The van der Waals surface area contributed by atoms with Crippen LogP contribution >= 0.6 is 0 Å². The van der Waals surface area contributed by atoms with Gasteiger partial charge in [0.2, 0.25) is 0 Å². The summed E-state index contributed by atoms with van der Waals surface area (Å²) in [5.74, 6) is 2.80. The molecular weight excluding hydrogens is 336 g/mol. The highest BCUT2D eigenvalue weighted by molar-refractivity contribution is 5.80. The monoisotopic (exact) mass is 368 g/mol. The van der Waals surface area contributed by atoms with Gasteiger partial charge in [0.15, 0.2) is 5.96 Å². The number of aliphatic imine (C=N–C) groups is 1. The maximum absolute atomic E-state index is 4.93. The Morgan fingerprint density at radius 2 is 2.15 bits per heavy atom. The van der Waals surface area contributed by atoms with Crippen molar-refractivity contribution in [2.75, 3.05) is 26.2 Å². The molecular formula is C21H32N6. The maximum Gasteiger partial charge on any atom is 0.194 e. The van der Waals surface area contributed by atoms with Crippen LogP contribution in [0.2, 0.25) is 0 Å². The van der Waals surface area contributed by atoms with Gasteiger partial charge in [0.25, 0.3) is 0 Å². The topological polar surface area (TPSA) is 58.3 Å². The Balaban J connectivity index is 1.59. The quantitative estimate of drug-likeness (QED) is 0.603. The van der Waals surface area contributed by atoms with Gasteiger partial charge in [-0.15, -0.1) is 10.2 Å². The third-order valence-corrected chi connectivity index (χ3v) is 5.11. The first-order chi connectivity index (χ1) is 13.3. The van der Waals surface area contributed by atoms with Gasteiger partial charge in [-0.1, -0.05) is 44.2 Å². The lowest BCUT2D eigenvalue weighted by atomic mass is 10.0. The first-order valence-electron chi connectivity index (χ1n) is 10.2. The lowest BCUT2D eigenvalue weighted by Crippen LogP contribution is -2.47. The van der Waals surface area contributed by atoms with Gasteiger partial charge >= 0.3 is 0 Å². The molecule has 2 aromatic rings. The molecule has 0 radical (unpaired) electrons. The highest BCUT2D eigenvalue weighted by atomic mass is 15.3. The Bertz CT molecular complexity index is 708. The molecule has 0 amide bonds. The molecule has 2 heterocycles. The number of hydrogen-bond donors (Lipinski definition) is 1. The van der Waals surface area contributed by atoms with E-state index in [1.807, 2.05) is 6.33 Å². The van der Waals surface area contributed by atoms with E-state index in [2.05, 4.69) is 69.2 Å². The molecule has 1 saturated heterocycles. The van der Waals surface area contributed by atoms with Crippen molar-refractivity contribution in [1.82, 2.24) is 25.0 Å². The summed E-state index contributed by atoms with van der Waals surface area (Å²) in [5, 5.41) is 11.8. The predicted octanol–water partition coefficient (Wildman–Crippen LogP) is 2.76. The summed E-state index contributed by atoms with van der Waals surface area (Å²) in [5.41, 5.74) is 1.34. The number of nitrogens with zero attached hydrogens (tertiary/aromatic N) is 5. The summed E-state index contributed by atoms with van der Waals surface area (Å²) in [4.78, 5) is 7.35. The van der Waals surface area contributed by atoms with E-state index in [9.17, 15) is 0 Å². The highest BCUT2D eigenvalue weighted by Crippen LogP contribution is 2.15. The fourth-order valence-electron chi connectivity index (χ4n) is 3.61. The number of aryl methyl sites for hydroxylation is 1. The van der Waals surface area contributed by atoms with Crippen molar-refractivity contribution in [3.8, 4) is 0 Å². The molecule has 6 nitrogen and oxygen atoms in total. The summed E-state index contributed by atoms with van der Waals surface area (Å²) in [7, 11) is 0. The standard InChI is InChI=1S/C21H32N6/c1-3-20-25-24-17-27(20)15-13-23-21(26-14-7-8-18(2)16-26)22-12-11-19-9-5-4-6-10-19/h4-6,9-10,17-18H,3,7-8,11-16H2,1-2H3,(H,22,23). The van der Waals surface area contributed by atoms with Crippen molar-refractivity contribution >= 4 is 5.96 Å². The molecule has 6 heteroatoms. The van der Waals surface area contributed by atoms with Gasteiger partial charge in [-0.05, 0) is 30.7 Å². The summed E-state index contributed by atoms with van der Waals surface area (Å²) < 4.78 is 2.12. The Morgan fingerprint density at radius 1 is 1.30 bits per heavy atom. The van der Waals surface area contributed by atoms with Crippen molar-refractivity contribution in [3.05, 3.63) is 48.0 Å². The van der Waals surface area contributed by atoms with Crippen LogP contribution in [0.1, 0.15) is 38.1 Å². The molecule has 0 spiro atoms. The van der Waals surface area contributed by atoms with Crippen molar-refractivity contribution in [2.24, 2.45) is 10.9 Å². The van der Waals surface area contributed by atoms with Crippen molar-refractivity contribution in [2.45, 2.75) is 46.1 Å². The van der Waals surface area contributed by atoms with Gasteiger partial charge in [0.1, 0.15) is 12.2 Å².